The van der Waals surface area contributed by atoms with Crippen molar-refractivity contribution in [2.24, 2.45) is 4.99 Å². The van der Waals surface area contributed by atoms with Gasteiger partial charge in [-0.2, -0.15) is 26.3 Å². The lowest BCUT2D eigenvalue weighted by Crippen LogP contribution is -2.40. The van der Waals surface area contributed by atoms with E-state index in [-0.39, 0.29) is 49.4 Å². The highest BCUT2D eigenvalue weighted by molar-refractivity contribution is 14.0. The van der Waals surface area contributed by atoms with Gasteiger partial charge in [-0.05, 0) is 6.07 Å². The van der Waals surface area contributed by atoms with E-state index < -0.39 is 23.6 Å². The molecule has 0 amide bonds. The summed E-state index contributed by atoms with van der Waals surface area (Å²) >= 11 is 0.928. The first kappa shape index (κ1) is 26.2. The highest BCUT2D eigenvalue weighted by Crippen LogP contribution is 2.30. The van der Waals surface area contributed by atoms with E-state index in [1.165, 1.54) is 7.05 Å². The molecule has 2 N–H and O–H groups in total. The molecule has 168 valence electrons. The molecule has 0 spiro atoms. The Morgan fingerprint density at radius 2 is 1.80 bits per heavy atom. The summed E-state index contributed by atoms with van der Waals surface area (Å²) in [6, 6.07) is 2.00. The van der Waals surface area contributed by atoms with Crippen molar-refractivity contribution in [3.63, 3.8) is 0 Å². The van der Waals surface area contributed by atoms with E-state index in [0.717, 1.165) is 28.8 Å². The van der Waals surface area contributed by atoms with E-state index in [4.69, 9.17) is 4.74 Å². The molecule has 0 aliphatic heterocycles. The third-order valence-corrected chi connectivity index (χ3v) is 4.31. The number of pyridine rings is 1. The number of ether oxygens (including phenoxy) is 1. The Labute approximate surface area is 189 Å². The van der Waals surface area contributed by atoms with Gasteiger partial charge < -0.3 is 15.4 Å². The number of aliphatic imine (C=N–C) groups is 1. The minimum absolute atomic E-state index is 0. The molecular weight excluding hydrogens is 551 g/mol. The molecule has 6 nitrogen and oxygen atoms in total. The maximum absolute atomic E-state index is 12.5. The lowest BCUT2D eigenvalue weighted by atomic mass is 10.3. The van der Waals surface area contributed by atoms with Crippen molar-refractivity contribution in [1.82, 2.24) is 20.6 Å². The van der Waals surface area contributed by atoms with Gasteiger partial charge in [0.15, 0.2) is 11.7 Å². The van der Waals surface area contributed by atoms with Gasteiger partial charge in [-0.1, -0.05) is 0 Å². The second-order valence-electron chi connectivity index (χ2n) is 5.53. The SMILES string of the molecule is CN=C(NCCOc1ccc(C(F)(F)F)cn1)NCCc1nc(C(F)(F)F)cs1.I. The third kappa shape index (κ3) is 8.49. The molecule has 2 rings (SSSR count). The van der Waals surface area contributed by atoms with E-state index in [1.54, 1.807) is 0 Å². The Balaban J connectivity index is 0.00000450. The Morgan fingerprint density at radius 3 is 2.33 bits per heavy atom. The average molecular weight is 569 g/mol. The lowest BCUT2D eigenvalue weighted by Gasteiger charge is -2.12. The van der Waals surface area contributed by atoms with E-state index >= 15 is 0 Å². The summed E-state index contributed by atoms with van der Waals surface area (Å²) in [5.41, 5.74) is -1.77. The van der Waals surface area contributed by atoms with Gasteiger partial charge in [0.2, 0.25) is 5.88 Å². The number of thiazole rings is 1. The van der Waals surface area contributed by atoms with Gasteiger partial charge in [0.25, 0.3) is 0 Å². The number of rotatable bonds is 7. The van der Waals surface area contributed by atoms with Crippen LogP contribution in [-0.2, 0) is 18.8 Å². The van der Waals surface area contributed by atoms with Crippen molar-refractivity contribution < 1.29 is 31.1 Å². The number of hydrogen-bond acceptors (Lipinski definition) is 5. The molecule has 0 aromatic carbocycles. The van der Waals surface area contributed by atoms with Crippen LogP contribution in [0.2, 0.25) is 0 Å². The Morgan fingerprint density at radius 1 is 1.10 bits per heavy atom. The fraction of sp³-hybridized carbons (Fsp3) is 0.438. The van der Waals surface area contributed by atoms with Crippen LogP contribution in [0.5, 0.6) is 5.88 Å². The van der Waals surface area contributed by atoms with Crippen molar-refractivity contribution in [1.29, 1.82) is 0 Å². The highest BCUT2D eigenvalue weighted by atomic mass is 127. The molecule has 0 atom stereocenters. The van der Waals surface area contributed by atoms with Crippen molar-refractivity contribution in [2.75, 3.05) is 26.7 Å². The van der Waals surface area contributed by atoms with Crippen LogP contribution in [0.25, 0.3) is 0 Å². The van der Waals surface area contributed by atoms with Crippen molar-refractivity contribution in [3.8, 4) is 5.88 Å². The summed E-state index contributed by atoms with van der Waals surface area (Å²) < 4.78 is 80.1. The zero-order valence-corrected chi connectivity index (χ0v) is 18.6. The number of nitrogens with one attached hydrogen (secondary N) is 2. The predicted molar refractivity (Wildman–Crippen MR) is 110 cm³/mol. The molecule has 30 heavy (non-hydrogen) atoms. The van der Waals surface area contributed by atoms with Gasteiger partial charge >= 0.3 is 12.4 Å². The Hall–Kier alpha value is -1.84. The standard InChI is InChI=1S/C16H17F6N5OS.HI/c1-23-14(24-5-4-13-27-11(9-29-13)16(20,21)22)25-6-7-28-12-3-2-10(8-26-12)15(17,18)19;/h2-3,8-9H,4-7H2,1H3,(H2,23,24,25);1H. The molecule has 14 heteroatoms. The summed E-state index contributed by atoms with van der Waals surface area (Å²) in [4.78, 5) is 11.1. The first-order valence-electron chi connectivity index (χ1n) is 8.22. The summed E-state index contributed by atoms with van der Waals surface area (Å²) in [5, 5.41) is 7.13. The zero-order chi connectivity index (χ0) is 21.5. The van der Waals surface area contributed by atoms with E-state index in [9.17, 15) is 26.3 Å². The molecule has 0 bridgehead atoms. The Kier molecular flexibility index (Phi) is 10.1. The number of aromatic nitrogens is 2. The Bertz CT molecular complexity index is 810. The number of nitrogens with zero attached hydrogens (tertiary/aromatic N) is 3. The van der Waals surface area contributed by atoms with Gasteiger partial charge in [0, 0.05) is 37.7 Å². The van der Waals surface area contributed by atoms with E-state index in [1.807, 2.05) is 0 Å². The van der Waals surface area contributed by atoms with Crippen LogP contribution in [0, 0.1) is 0 Å². The smallest absolute Gasteiger partial charge is 0.434 e. The summed E-state index contributed by atoms with van der Waals surface area (Å²) in [7, 11) is 1.51. The van der Waals surface area contributed by atoms with E-state index in [2.05, 4.69) is 25.6 Å². The van der Waals surface area contributed by atoms with E-state index in [0.29, 0.717) is 23.7 Å². The minimum Gasteiger partial charge on any atom is -0.476 e. The minimum atomic E-state index is -4.46. The van der Waals surface area contributed by atoms with Crippen LogP contribution in [0.4, 0.5) is 26.3 Å². The summed E-state index contributed by atoms with van der Waals surface area (Å²) in [5.74, 6) is 0.438. The lowest BCUT2D eigenvalue weighted by molar-refractivity contribution is -0.141. The van der Waals surface area contributed by atoms with Crippen molar-refractivity contribution in [3.05, 3.63) is 40.0 Å². The van der Waals surface area contributed by atoms with Crippen LogP contribution in [-0.4, -0.2) is 42.7 Å². The average Bonchev–Trinajstić information content (AvgIpc) is 3.12. The highest BCUT2D eigenvalue weighted by Gasteiger charge is 2.33. The normalized spacial score (nSPS) is 12.3. The second kappa shape index (κ2) is 11.5. The zero-order valence-electron chi connectivity index (χ0n) is 15.5. The van der Waals surface area contributed by atoms with Gasteiger partial charge in [-0.15, -0.1) is 35.3 Å². The first-order chi connectivity index (χ1) is 13.6. The van der Waals surface area contributed by atoms with Crippen LogP contribution in [0.1, 0.15) is 16.3 Å². The predicted octanol–water partition coefficient (Wildman–Crippen LogP) is 3.98. The maximum atomic E-state index is 12.5. The maximum Gasteiger partial charge on any atom is 0.434 e. The van der Waals surface area contributed by atoms with Crippen LogP contribution >= 0.6 is 35.3 Å². The molecule has 0 aliphatic rings. The molecule has 0 aliphatic carbocycles. The van der Waals surface area contributed by atoms with Crippen LogP contribution in [0.15, 0.2) is 28.7 Å². The molecule has 0 radical (unpaired) electrons. The molecular formula is C16H18F6IN5OS. The van der Waals surface area contributed by atoms with Crippen molar-refractivity contribution >= 4 is 41.3 Å². The molecule has 0 saturated carbocycles. The van der Waals surface area contributed by atoms with Crippen molar-refractivity contribution in [2.45, 2.75) is 18.8 Å². The van der Waals surface area contributed by atoms with Crippen LogP contribution < -0.4 is 15.4 Å². The fourth-order valence-corrected chi connectivity index (χ4v) is 2.83. The number of hydrogen-bond donors (Lipinski definition) is 2. The molecule has 0 saturated heterocycles. The van der Waals surface area contributed by atoms with Gasteiger partial charge in [0.1, 0.15) is 6.61 Å². The number of guanidine groups is 1. The number of alkyl halides is 6. The number of halogens is 7. The van der Waals surface area contributed by atoms with Gasteiger partial charge in [0.05, 0.1) is 17.1 Å². The summed E-state index contributed by atoms with van der Waals surface area (Å²) in [6.07, 6.45) is -7.95. The third-order valence-electron chi connectivity index (χ3n) is 3.41. The molecule has 0 fully saturated rings. The molecule has 2 heterocycles. The second-order valence-corrected chi connectivity index (χ2v) is 6.47. The molecule has 2 aromatic heterocycles. The monoisotopic (exact) mass is 569 g/mol. The summed E-state index contributed by atoms with van der Waals surface area (Å²) in [6.45, 7) is 0.699. The first-order valence-corrected chi connectivity index (χ1v) is 9.09. The van der Waals surface area contributed by atoms with Gasteiger partial charge in [-0.25, -0.2) is 9.97 Å². The quantitative estimate of drug-likeness (QED) is 0.174. The van der Waals surface area contributed by atoms with Gasteiger partial charge in [-0.3, -0.25) is 4.99 Å². The molecule has 2 aromatic rings. The topological polar surface area (TPSA) is 71.4 Å². The fourth-order valence-electron chi connectivity index (χ4n) is 2.02. The largest absolute Gasteiger partial charge is 0.476 e. The van der Waals surface area contributed by atoms with Crippen LogP contribution in [0.3, 0.4) is 0 Å². The molecule has 0 unspecified atom stereocenters.